The van der Waals surface area contributed by atoms with E-state index >= 15 is 0 Å². The van der Waals surface area contributed by atoms with Crippen LogP contribution in [0.1, 0.15) is 28.6 Å². The molecule has 0 saturated carbocycles. The van der Waals surface area contributed by atoms with Crippen molar-refractivity contribution >= 4 is 17.6 Å². The van der Waals surface area contributed by atoms with Gasteiger partial charge in [-0.3, -0.25) is 0 Å². The maximum atomic E-state index is 10.7. The Morgan fingerprint density at radius 1 is 1.58 bits per heavy atom. The van der Waals surface area contributed by atoms with Crippen molar-refractivity contribution in [3.8, 4) is 0 Å². The van der Waals surface area contributed by atoms with Gasteiger partial charge >= 0.3 is 5.97 Å². The van der Waals surface area contributed by atoms with E-state index in [2.05, 4.69) is 15.0 Å². The summed E-state index contributed by atoms with van der Waals surface area (Å²) in [4.78, 5) is 16.8. The summed E-state index contributed by atoms with van der Waals surface area (Å²) in [6.45, 7) is 0.0309. The van der Waals surface area contributed by atoms with E-state index in [1.165, 1.54) is 6.07 Å². The van der Waals surface area contributed by atoms with E-state index in [1.54, 1.807) is 0 Å². The molecular formula is C10H11ClN4O4. The number of carbonyl (C=O) groups is 1. The number of hydrogen-bond acceptors (Lipinski definition) is 5. The van der Waals surface area contributed by atoms with Crippen LogP contribution in [0.15, 0.2) is 17.4 Å². The first kappa shape index (κ1) is 15.2. The molecule has 0 amide bonds. The molecule has 102 valence electrons. The largest absolute Gasteiger partial charge is 0.476 e. The summed E-state index contributed by atoms with van der Waals surface area (Å²) in [7, 11) is 0. The van der Waals surface area contributed by atoms with Crippen LogP contribution in [0.4, 0.5) is 0 Å². The Morgan fingerprint density at radius 3 is 2.79 bits per heavy atom. The fourth-order valence-electron chi connectivity index (χ4n) is 1.39. The SMILES string of the molecule is [N-]=[N+]=NCCC(O)C(O)c1cnc(C(=O)O)c(Cl)c1. The van der Waals surface area contributed by atoms with Crippen LogP contribution >= 0.6 is 11.6 Å². The third kappa shape index (κ3) is 4.08. The van der Waals surface area contributed by atoms with Gasteiger partial charge in [0.25, 0.3) is 0 Å². The Bertz CT molecular complexity index is 518. The van der Waals surface area contributed by atoms with Crippen LogP contribution in [0.2, 0.25) is 5.02 Å². The number of carboxylic acids is 1. The van der Waals surface area contributed by atoms with Gasteiger partial charge in [-0.05, 0) is 18.0 Å². The number of aromatic nitrogens is 1. The molecule has 19 heavy (non-hydrogen) atoms. The minimum Gasteiger partial charge on any atom is -0.476 e. The van der Waals surface area contributed by atoms with Crippen molar-refractivity contribution in [2.45, 2.75) is 18.6 Å². The van der Waals surface area contributed by atoms with Gasteiger partial charge in [0.1, 0.15) is 6.10 Å². The van der Waals surface area contributed by atoms with Crippen LogP contribution in [-0.4, -0.2) is 38.9 Å². The summed E-state index contributed by atoms with van der Waals surface area (Å²) in [5.41, 5.74) is 7.94. The number of hydrogen-bond donors (Lipinski definition) is 3. The van der Waals surface area contributed by atoms with Crippen LogP contribution in [0.5, 0.6) is 0 Å². The Labute approximate surface area is 112 Å². The molecule has 1 heterocycles. The molecule has 0 fully saturated rings. The third-order valence-electron chi connectivity index (χ3n) is 2.36. The van der Waals surface area contributed by atoms with E-state index in [1.807, 2.05) is 0 Å². The van der Waals surface area contributed by atoms with E-state index in [0.717, 1.165) is 6.20 Å². The standard InChI is InChI=1S/C10H11ClN4O4/c11-6-3-5(4-13-8(6)10(18)19)9(17)7(16)1-2-14-15-12/h3-4,7,9,16-17H,1-2H2,(H,18,19). The van der Waals surface area contributed by atoms with Gasteiger partial charge in [0.2, 0.25) is 0 Å². The second-order valence-electron chi connectivity index (χ2n) is 3.66. The van der Waals surface area contributed by atoms with Gasteiger partial charge < -0.3 is 15.3 Å². The quantitative estimate of drug-likeness (QED) is 0.413. The van der Waals surface area contributed by atoms with Crippen LogP contribution in [0.3, 0.4) is 0 Å². The first-order valence-electron chi connectivity index (χ1n) is 5.23. The Hall–Kier alpha value is -1.86. The minimum absolute atomic E-state index is 0.0309. The Morgan fingerprint density at radius 2 is 2.26 bits per heavy atom. The van der Waals surface area contributed by atoms with Crippen LogP contribution in [0.25, 0.3) is 10.4 Å². The summed E-state index contributed by atoms with van der Waals surface area (Å²) in [5.74, 6) is -1.28. The number of azide groups is 1. The molecule has 0 aliphatic heterocycles. The molecule has 1 aromatic rings. The number of halogens is 1. The maximum Gasteiger partial charge on any atom is 0.356 e. The van der Waals surface area contributed by atoms with Crippen molar-refractivity contribution < 1.29 is 20.1 Å². The van der Waals surface area contributed by atoms with E-state index in [-0.39, 0.29) is 29.2 Å². The summed E-state index contributed by atoms with van der Waals surface area (Å²) >= 11 is 5.70. The topological polar surface area (TPSA) is 139 Å². The smallest absolute Gasteiger partial charge is 0.356 e. The fraction of sp³-hybridized carbons (Fsp3) is 0.400. The second-order valence-corrected chi connectivity index (χ2v) is 4.07. The zero-order chi connectivity index (χ0) is 14.4. The predicted molar refractivity (Wildman–Crippen MR) is 65.8 cm³/mol. The van der Waals surface area contributed by atoms with E-state index in [9.17, 15) is 15.0 Å². The molecule has 9 heteroatoms. The first-order valence-corrected chi connectivity index (χ1v) is 5.61. The number of carboxylic acid groups (broad SMARTS) is 1. The lowest BCUT2D eigenvalue weighted by Crippen LogP contribution is -2.19. The second kappa shape index (κ2) is 6.91. The van der Waals surface area contributed by atoms with Gasteiger partial charge in [0.15, 0.2) is 5.69 Å². The average Bonchev–Trinajstić information content (AvgIpc) is 2.37. The Kier molecular flexibility index (Phi) is 5.53. The summed E-state index contributed by atoms with van der Waals surface area (Å²) in [6.07, 6.45) is -1.28. The number of rotatable bonds is 6. The molecular weight excluding hydrogens is 276 g/mol. The molecule has 8 nitrogen and oxygen atoms in total. The van der Waals surface area contributed by atoms with Crippen molar-refractivity contribution in [2.24, 2.45) is 5.11 Å². The van der Waals surface area contributed by atoms with Crippen molar-refractivity contribution in [3.63, 3.8) is 0 Å². The first-order chi connectivity index (χ1) is 8.97. The average molecular weight is 287 g/mol. The molecule has 2 atom stereocenters. The minimum atomic E-state index is -1.29. The molecule has 2 unspecified atom stereocenters. The number of aromatic carboxylic acids is 1. The lowest BCUT2D eigenvalue weighted by molar-refractivity contribution is 0.0148. The molecule has 0 bridgehead atoms. The van der Waals surface area contributed by atoms with E-state index in [0.29, 0.717) is 0 Å². The zero-order valence-electron chi connectivity index (χ0n) is 9.64. The lowest BCUT2D eigenvalue weighted by atomic mass is 10.0. The highest BCUT2D eigenvalue weighted by atomic mass is 35.5. The predicted octanol–water partition coefficient (Wildman–Crippen LogP) is 1.53. The number of aliphatic hydroxyl groups is 2. The molecule has 0 radical (unpaired) electrons. The van der Waals surface area contributed by atoms with Crippen LogP contribution in [0, 0.1) is 0 Å². The van der Waals surface area contributed by atoms with Gasteiger partial charge in [-0.2, -0.15) is 0 Å². The van der Waals surface area contributed by atoms with E-state index < -0.39 is 18.2 Å². The number of pyridine rings is 1. The fourth-order valence-corrected chi connectivity index (χ4v) is 1.64. The maximum absolute atomic E-state index is 10.7. The Balaban J connectivity index is 2.82. The number of aliphatic hydroxyl groups excluding tert-OH is 2. The summed E-state index contributed by atoms with van der Waals surface area (Å²) in [6, 6.07) is 1.22. The molecule has 0 saturated heterocycles. The van der Waals surface area contributed by atoms with Crippen molar-refractivity contribution in [1.82, 2.24) is 4.98 Å². The van der Waals surface area contributed by atoms with Gasteiger partial charge in [-0.1, -0.05) is 16.7 Å². The molecule has 0 spiro atoms. The summed E-state index contributed by atoms with van der Waals surface area (Å²) in [5, 5.41) is 31.3. The van der Waals surface area contributed by atoms with Crippen molar-refractivity contribution in [2.75, 3.05) is 6.54 Å². The molecule has 3 N–H and O–H groups in total. The number of nitrogens with zero attached hydrogens (tertiary/aromatic N) is 4. The van der Waals surface area contributed by atoms with Gasteiger partial charge in [0, 0.05) is 23.2 Å². The highest BCUT2D eigenvalue weighted by molar-refractivity contribution is 6.33. The van der Waals surface area contributed by atoms with Crippen LogP contribution in [-0.2, 0) is 0 Å². The summed E-state index contributed by atoms with van der Waals surface area (Å²) < 4.78 is 0. The zero-order valence-corrected chi connectivity index (χ0v) is 10.4. The lowest BCUT2D eigenvalue weighted by Gasteiger charge is -2.17. The van der Waals surface area contributed by atoms with Crippen molar-refractivity contribution in [1.29, 1.82) is 0 Å². The van der Waals surface area contributed by atoms with Gasteiger partial charge in [-0.15, -0.1) is 0 Å². The molecule has 0 aliphatic rings. The van der Waals surface area contributed by atoms with E-state index in [4.69, 9.17) is 22.2 Å². The van der Waals surface area contributed by atoms with Gasteiger partial charge in [-0.25, -0.2) is 9.78 Å². The normalized spacial score (nSPS) is 13.4. The highest BCUT2D eigenvalue weighted by Crippen LogP contribution is 2.23. The monoisotopic (exact) mass is 286 g/mol. The molecule has 1 aromatic heterocycles. The molecule has 0 aromatic carbocycles. The van der Waals surface area contributed by atoms with Crippen molar-refractivity contribution in [3.05, 3.63) is 39.0 Å². The highest BCUT2D eigenvalue weighted by Gasteiger charge is 2.20. The van der Waals surface area contributed by atoms with Gasteiger partial charge in [0.05, 0.1) is 11.1 Å². The van der Waals surface area contributed by atoms with Crippen LogP contribution < -0.4 is 0 Å². The molecule has 0 aliphatic carbocycles. The molecule has 1 rings (SSSR count). The third-order valence-corrected chi connectivity index (χ3v) is 2.65.